The molecular formula is C46H88O6. The second-order valence-electron chi connectivity index (χ2n) is 16.9. The average molecular weight is 737 g/mol. The number of carbonyl (C=O) groups excluding carboxylic acids is 3. The minimum atomic E-state index is -0.762. The van der Waals surface area contributed by atoms with Gasteiger partial charge in [0.15, 0.2) is 6.10 Å². The maximum absolute atomic E-state index is 12.7. The highest BCUT2D eigenvalue weighted by molar-refractivity contribution is 5.71. The van der Waals surface area contributed by atoms with Crippen LogP contribution < -0.4 is 0 Å². The Labute approximate surface area is 323 Å². The Morgan fingerprint density at radius 3 is 1.00 bits per heavy atom. The predicted octanol–water partition coefficient (Wildman–Crippen LogP) is 14.0. The van der Waals surface area contributed by atoms with Crippen molar-refractivity contribution in [2.45, 2.75) is 247 Å². The topological polar surface area (TPSA) is 78.9 Å². The van der Waals surface area contributed by atoms with Crippen molar-refractivity contribution in [2.75, 3.05) is 13.2 Å². The molecule has 0 radical (unpaired) electrons. The molecular weight excluding hydrogens is 648 g/mol. The summed E-state index contributed by atoms with van der Waals surface area (Å²) >= 11 is 0. The van der Waals surface area contributed by atoms with Gasteiger partial charge in [-0.3, -0.25) is 14.4 Å². The molecule has 0 spiro atoms. The van der Waals surface area contributed by atoms with E-state index in [0.717, 1.165) is 75.5 Å². The van der Waals surface area contributed by atoms with E-state index in [4.69, 9.17) is 14.2 Å². The van der Waals surface area contributed by atoms with Crippen molar-refractivity contribution in [1.82, 2.24) is 0 Å². The van der Waals surface area contributed by atoms with Gasteiger partial charge in [0.25, 0.3) is 0 Å². The van der Waals surface area contributed by atoms with Crippen LogP contribution in [0.1, 0.15) is 241 Å². The van der Waals surface area contributed by atoms with Crippen molar-refractivity contribution in [2.24, 2.45) is 17.8 Å². The fourth-order valence-electron chi connectivity index (χ4n) is 6.67. The van der Waals surface area contributed by atoms with Crippen LogP contribution in [0, 0.1) is 17.8 Å². The van der Waals surface area contributed by atoms with Gasteiger partial charge in [0, 0.05) is 19.3 Å². The first-order valence-electron chi connectivity index (χ1n) is 22.6. The van der Waals surface area contributed by atoms with Crippen LogP contribution in [0.15, 0.2) is 0 Å². The maximum Gasteiger partial charge on any atom is 0.306 e. The summed E-state index contributed by atoms with van der Waals surface area (Å²) in [4.78, 5) is 37.7. The van der Waals surface area contributed by atoms with Crippen LogP contribution in [-0.4, -0.2) is 37.2 Å². The van der Waals surface area contributed by atoms with Gasteiger partial charge in [-0.05, 0) is 37.0 Å². The molecule has 1 unspecified atom stereocenters. The second-order valence-corrected chi connectivity index (χ2v) is 16.9. The zero-order valence-electron chi connectivity index (χ0n) is 35.6. The van der Waals surface area contributed by atoms with Gasteiger partial charge in [0.05, 0.1) is 0 Å². The quantitative estimate of drug-likeness (QED) is 0.0355. The number of ether oxygens (including phenoxy) is 3. The molecule has 0 bridgehead atoms. The van der Waals surface area contributed by atoms with Gasteiger partial charge in [-0.15, -0.1) is 0 Å². The molecule has 6 heteroatoms. The van der Waals surface area contributed by atoms with E-state index < -0.39 is 6.10 Å². The van der Waals surface area contributed by atoms with Crippen LogP contribution in [0.3, 0.4) is 0 Å². The van der Waals surface area contributed by atoms with E-state index in [9.17, 15) is 14.4 Å². The molecule has 0 aliphatic carbocycles. The largest absolute Gasteiger partial charge is 0.462 e. The second kappa shape index (κ2) is 37.7. The van der Waals surface area contributed by atoms with Crippen molar-refractivity contribution in [3.8, 4) is 0 Å². The first-order valence-corrected chi connectivity index (χ1v) is 22.6. The van der Waals surface area contributed by atoms with Gasteiger partial charge >= 0.3 is 17.9 Å². The summed E-state index contributed by atoms with van der Waals surface area (Å²) in [5.74, 6) is 1.57. The summed E-state index contributed by atoms with van der Waals surface area (Å²) in [6.45, 7) is 13.6. The highest BCUT2D eigenvalue weighted by Gasteiger charge is 2.19. The number of hydrogen-bond donors (Lipinski definition) is 0. The van der Waals surface area contributed by atoms with Crippen LogP contribution >= 0.6 is 0 Å². The smallest absolute Gasteiger partial charge is 0.306 e. The number of esters is 3. The Kier molecular flexibility index (Phi) is 36.6. The van der Waals surface area contributed by atoms with Gasteiger partial charge in [-0.1, -0.05) is 202 Å². The van der Waals surface area contributed by atoms with Crippen LogP contribution in [0.25, 0.3) is 0 Å². The number of hydrogen-bond acceptors (Lipinski definition) is 6. The highest BCUT2D eigenvalue weighted by atomic mass is 16.6. The van der Waals surface area contributed by atoms with Gasteiger partial charge in [-0.2, -0.15) is 0 Å². The minimum Gasteiger partial charge on any atom is -0.462 e. The fourth-order valence-corrected chi connectivity index (χ4v) is 6.67. The van der Waals surface area contributed by atoms with Crippen molar-refractivity contribution in [1.29, 1.82) is 0 Å². The van der Waals surface area contributed by atoms with E-state index >= 15 is 0 Å². The fraction of sp³-hybridized carbons (Fsp3) is 0.935. The molecule has 0 aromatic rings. The van der Waals surface area contributed by atoms with Gasteiger partial charge in [-0.25, -0.2) is 0 Å². The minimum absolute atomic E-state index is 0.0671. The summed E-state index contributed by atoms with van der Waals surface area (Å²) < 4.78 is 16.7. The third-order valence-electron chi connectivity index (χ3n) is 10.5. The van der Waals surface area contributed by atoms with E-state index in [2.05, 4.69) is 41.5 Å². The summed E-state index contributed by atoms with van der Waals surface area (Å²) in [6.07, 6.45) is 33.8. The molecule has 0 amide bonds. The molecule has 0 N–H and O–H groups in total. The summed E-state index contributed by atoms with van der Waals surface area (Å²) in [5, 5.41) is 0. The van der Waals surface area contributed by atoms with E-state index in [1.54, 1.807) is 0 Å². The van der Waals surface area contributed by atoms with E-state index in [1.807, 2.05) is 0 Å². The highest BCUT2D eigenvalue weighted by Crippen LogP contribution is 2.17. The number of carbonyl (C=O) groups is 3. The molecule has 0 aromatic carbocycles. The number of unbranched alkanes of at least 4 members (excludes halogenated alkanes) is 21. The molecule has 0 heterocycles. The van der Waals surface area contributed by atoms with E-state index in [1.165, 1.54) is 122 Å². The van der Waals surface area contributed by atoms with Crippen molar-refractivity contribution in [3.05, 3.63) is 0 Å². The SMILES string of the molecule is CCC(C)CCCCCCCCCCC(=O)OC[C@@H](COC(=O)CCCCCCCCCCCC(C)C)OC(=O)CCCCCCCCCC(C)C. The zero-order chi connectivity index (χ0) is 38.5. The lowest BCUT2D eigenvalue weighted by Crippen LogP contribution is -2.30. The molecule has 2 atom stereocenters. The van der Waals surface area contributed by atoms with Gasteiger partial charge in [0.1, 0.15) is 13.2 Å². The molecule has 6 nitrogen and oxygen atoms in total. The molecule has 0 fully saturated rings. The average Bonchev–Trinajstić information content (AvgIpc) is 3.11. The van der Waals surface area contributed by atoms with Crippen molar-refractivity contribution in [3.63, 3.8) is 0 Å². The third-order valence-corrected chi connectivity index (χ3v) is 10.5. The molecule has 52 heavy (non-hydrogen) atoms. The molecule has 0 aromatic heterocycles. The standard InChI is InChI=1S/C46H88O6/c1-7-42(6)34-28-22-16-11-12-18-24-30-36-45(48)51-39-43(52-46(49)37-31-25-19-13-15-21-27-33-41(4)5)38-50-44(47)35-29-23-17-10-8-9-14-20-26-32-40(2)3/h40-43H,7-39H2,1-6H3/t42?,43-/m1/s1. The van der Waals surface area contributed by atoms with Crippen molar-refractivity contribution < 1.29 is 28.6 Å². The normalized spacial score (nSPS) is 12.7. The van der Waals surface area contributed by atoms with E-state index in [-0.39, 0.29) is 31.1 Å². The molecule has 0 aliphatic rings. The Bertz CT molecular complexity index is 809. The lowest BCUT2D eigenvalue weighted by Gasteiger charge is -2.18. The van der Waals surface area contributed by atoms with Gasteiger partial charge < -0.3 is 14.2 Å². The lowest BCUT2D eigenvalue weighted by atomic mass is 9.99. The first-order chi connectivity index (χ1) is 25.1. The Morgan fingerprint density at radius 2 is 0.673 bits per heavy atom. The molecule has 0 saturated heterocycles. The molecule has 0 saturated carbocycles. The molecule has 0 aliphatic heterocycles. The molecule has 0 rings (SSSR count). The first kappa shape index (κ1) is 50.4. The Morgan fingerprint density at radius 1 is 0.385 bits per heavy atom. The van der Waals surface area contributed by atoms with Crippen LogP contribution in [0.2, 0.25) is 0 Å². The Hall–Kier alpha value is -1.59. The molecule has 308 valence electrons. The number of rotatable bonds is 39. The monoisotopic (exact) mass is 737 g/mol. The van der Waals surface area contributed by atoms with Crippen LogP contribution in [-0.2, 0) is 28.6 Å². The summed E-state index contributed by atoms with van der Waals surface area (Å²) in [6, 6.07) is 0. The Balaban J connectivity index is 4.35. The van der Waals surface area contributed by atoms with Crippen molar-refractivity contribution >= 4 is 17.9 Å². The van der Waals surface area contributed by atoms with Crippen LogP contribution in [0.4, 0.5) is 0 Å². The summed E-state index contributed by atoms with van der Waals surface area (Å²) in [7, 11) is 0. The predicted molar refractivity (Wildman–Crippen MR) is 219 cm³/mol. The zero-order valence-corrected chi connectivity index (χ0v) is 35.6. The lowest BCUT2D eigenvalue weighted by molar-refractivity contribution is -0.167. The summed E-state index contributed by atoms with van der Waals surface area (Å²) in [5.41, 5.74) is 0. The van der Waals surface area contributed by atoms with Gasteiger partial charge in [0.2, 0.25) is 0 Å². The van der Waals surface area contributed by atoms with Crippen LogP contribution in [0.5, 0.6) is 0 Å². The maximum atomic E-state index is 12.7. The third kappa shape index (κ3) is 38.1. The van der Waals surface area contributed by atoms with E-state index in [0.29, 0.717) is 19.3 Å².